The quantitative estimate of drug-likeness (QED) is 0.678. The monoisotopic (exact) mass is 302 g/mol. The molecule has 0 amide bonds. The Hall–Kier alpha value is 0.0300. The smallest absolute Gasteiger partial charge is 0.138 e. The SMILES string of the molecule is CSc1cc(CO)cc2c1OCCC2(SC)SC. The number of hydrogen-bond donors (Lipinski definition) is 1. The van der Waals surface area contributed by atoms with Gasteiger partial charge in [0.1, 0.15) is 5.75 Å². The second kappa shape index (κ2) is 5.99. The molecule has 0 bridgehead atoms. The van der Waals surface area contributed by atoms with E-state index in [9.17, 15) is 5.11 Å². The van der Waals surface area contributed by atoms with Gasteiger partial charge in [0.2, 0.25) is 0 Å². The Labute approximate surface area is 121 Å². The molecule has 0 saturated carbocycles. The van der Waals surface area contributed by atoms with Crippen molar-refractivity contribution in [2.75, 3.05) is 25.4 Å². The van der Waals surface area contributed by atoms with Crippen LogP contribution in [0, 0.1) is 0 Å². The molecule has 5 heteroatoms. The molecule has 1 N–H and O–H groups in total. The third kappa shape index (κ3) is 2.38. The van der Waals surface area contributed by atoms with Crippen LogP contribution in [0.25, 0.3) is 0 Å². The molecule has 0 radical (unpaired) electrons. The zero-order chi connectivity index (χ0) is 13.2. The predicted octanol–water partition coefficient (Wildman–Crippen LogP) is 3.56. The molecule has 0 unspecified atom stereocenters. The third-order valence-corrected chi connectivity index (χ3v) is 7.17. The summed E-state index contributed by atoms with van der Waals surface area (Å²) in [6.45, 7) is 0.848. The van der Waals surface area contributed by atoms with Crippen molar-refractivity contribution >= 4 is 35.3 Å². The van der Waals surface area contributed by atoms with Crippen molar-refractivity contribution in [1.29, 1.82) is 0 Å². The Morgan fingerprint density at radius 1 is 1.28 bits per heavy atom. The van der Waals surface area contributed by atoms with E-state index in [1.54, 1.807) is 11.8 Å². The van der Waals surface area contributed by atoms with Gasteiger partial charge >= 0.3 is 0 Å². The van der Waals surface area contributed by atoms with Crippen LogP contribution >= 0.6 is 35.3 Å². The van der Waals surface area contributed by atoms with Gasteiger partial charge < -0.3 is 9.84 Å². The summed E-state index contributed by atoms with van der Waals surface area (Å²) in [5.41, 5.74) is 2.20. The third-order valence-electron chi connectivity index (χ3n) is 3.26. The highest BCUT2D eigenvalue weighted by Crippen LogP contribution is 2.54. The topological polar surface area (TPSA) is 29.5 Å². The number of ether oxygens (including phenoxy) is 1. The van der Waals surface area contributed by atoms with Gasteiger partial charge in [0, 0.05) is 16.9 Å². The minimum atomic E-state index is 0.0588. The van der Waals surface area contributed by atoms with Gasteiger partial charge in [-0.3, -0.25) is 0 Å². The lowest BCUT2D eigenvalue weighted by atomic mass is 10.0. The average molecular weight is 302 g/mol. The number of hydrogen-bond acceptors (Lipinski definition) is 5. The molecule has 1 heterocycles. The first-order valence-corrected chi connectivity index (χ1v) is 9.43. The summed E-state index contributed by atoms with van der Waals surface area (Å²) in [6.07, 6.45) is 7.35. The van der Waals surface area contributed by atoms with E-state index >= 15 is 0 Å². The molecule has 0 atom stereocenters. The Balaban J connectivity index is 2.61. The highest BCUT2D eigenvalue weighted by Gasteiger charge is 2.37. The number of benzene rings is 1. The van der Waals surface area contributed by atoms with Gasteiger partial charge in [0.05, 0.1) is 17.3 Å². The van der Waals surface area contributed by atoms with Crippen molar-refractivity contribution in [2.24, 2.45) is 0 Å². The van der Waals surface area contributed by atoms with Crippen LogP contribution in [0.2, 0.25) is 0 Å². The summed E-state index contributed by atoms with van der Waals surface area (Å²) in [5.74, 6) is 1.01. The van der Waals surface area contributed by atoms with Gasteiger partial charge in [-0.1, -0.05) is 0 Å². The zero-order valence-electron chi connectivity index (χ0n) is 10.9. The molecule has 1 aliphatic rings. The van der Waals surface area contributed by atoms with Crippen LogP contribution in [-0.4, -0.2) is 30.5 Å². The Morgan fingerprint density at radius 3 is 2.56 bits per heavy atom. The van der Waals surface area contributed by atoms with Gasteiger partial charge in [0.25, 0.3) is 0 Å². The highest BCUT2D eigenvalue weighted by molar-refractivity contribution is 8.16. The van der Waals surface area contributed by atoms with Crippen LogP contribution in [0.1, 0.15) is 17.5 Å². The molecule has 0 aliphatic carbocycles. The van der Waals surface area contributed by atoms with E-state index in [-0.39, 0.29) is 10.7 Å². The van der Waals surface area contributed by atoms with E-state index in [4.69, 9.17) is 4.74 Å². The van der Waals surface area contributed by atoms with Gasteiger partial charge in [-0.2, -0.15) is 0 Å². The van der Waals surface area contributed by atoms with E-state index < -0.39 is 0 Å². The molecule has 1 aliphatic heterocycles. The number of aliphatic hydroxyl groups excluding tert-OH is 1. The number of thioether (sulfide) groups is 3. The van der Waals surface area contributed by atoms with Gasteiger partial charge in [-0.25, -0.2) is 0 Å². The van der Waals surface area contributed by atoms with Crippen molar-refractivity contribution in [3.63, 3.8) is 0 Å². The molecule has 100 valence electrons. The summed E-state index contributed by atoms with van der Waals surface area (Å²) < 4.78 is 5.93. The molecule has 0 aromatic heterocycles. The van der Waals surface area contributed by atoms with Gasteiger partial charge in [0.15, 0.2) is 0 Å². The van der Waals surface area contributed by atoms with Gasteiger partial charge in [-0.05, 0) is 36.5 Å². The van der Waals surface area contributed by atoms with Crippen LogP contribution in [0.15, 0.2) is 17.0 Å². The average Bonchev–Trinajstić information content (AvgIpc) is 2.45. The summed E-state index contributed by atoms with van der Waals surface area (Å²) in [4.78, 5) is 1.13. The number of fused-ring (bicyclic) bond motifs is 1. The molecule has 18 heavy (non-hydrogen) atoms. The molecular weight excluding hydrogens is 284 g/mol. The second-order valence-electron chi connectivity index (χ2n) is 4.09. The first-order chi connectivity index (χ1) is 8.70. The van der Waals surface area contributed by atoms with E-state index in [1.807, 2.05) is 29.6 Å². The maximum absolute atomic E-state index is 9.41. The maximum atomic E-state index is 9.41. The van der Waals surface area contributed by atoms with Crippen molar-refractivity contribution in [1.82, 2.24) is 0 Å². The summed E-state index contributed by atoms with van der Waals surface area (Å²) in [6, 6.07) is 4.13. The normalized spacial score (nSPS) is 17.1. The Bertz CT molecular complexity index is 430. The molecular formula is C13H18O2S3. The molecule has 0 spiro atoms. The van der Waals surface area contributed by atoms with Crippen molar-refractivity contribution in [3.05, 3.63) is 23.3 Å². The molecule has 0 saturated heterocycles. The van der Waals surface area contributed by atoms with E-state index in [0.29, 0.717) is 0 Å². The standard InChI is InChI=1S/C13H18O2S3/c1-16-11-7-9(8-14)6-10-12(11)15-5-4-13(10,17-2)18-3/h6-7,14H,4-5,8H2,1-3H3. The fourth-order valence-corrected chi connectivity index (χ4v) is 4.87. The van der Waals surface area contributed by atoms with Crippen molar-refractivity contribution in [3.8, 4) is 5.75 Å². The van der Waals surface area contributed by atoms with E-state index in [0.717, 1.165) is 29.2 Å². The van der Waals surface area contributed by atoms with Crippen molar-refractivity contribution in [2.45, 2.75) is 22.0 Å². The lowest BCUT2D eigenvalue weighted by Crippen LogP contribution is -2.27. The van der Waals surface area contributed by atoms with Crippen LogP contribution in [-0.2, 0) is 10.7 Å². The minimum Gasteiger partial charge on any atom is -0.492 e. The largest absolute Gasteiger partial charge is 0.492 e. The van der Waals surface area contributed by atoms with Gasteiger partial charge in [-0.15, -0.1) is 35.3 Å². The van der Waals surface area contributed by atoms with Crippen LogP contribution in [0.4, 0.5) is 0 Å². The van der Waals surface area contributed by atoms with Crippen LogP contribution in [0.3, 0.4) is 0 Å². The molecule has 1 aromatic rings. The molecule has 2 nitrogen and oxygen atoms in total. The maximum Gasteiger partial charge on any atom is 0.138 e. The first-order valence-electron chi connectivity index (χ1n) is 5.76. The minimum absolute atomic E-state index is 0.0588. The molecule has 1 aromatic carbocycles. The molecule has 0 fully saturated rings. The summed E-state index contributed by atoms with van der Waals surface area (Å²) >= 11 is 5.41. The predicted molar refractivity (Wildman–Crippen MR) is 83.0 cm³/mol. The zero-order valence-corrected chi connectivity index (χ0v) is 13.3. The first kappa shape index (κ1) is 14.4. The Morgan fingerprint density at radius 2 is 2.00 bits per heavy atom. The highest BCUT2D eigenvalue weighted by atomic mass is 32.2. The number of aliphatic hydroxyl groups is 1. The van der Waals surface area contributed by atoms with E-state index in [1.165, 1.54) is 5.56 Å². The van der Waals surface area contributed by atoms with Crippen molar-refractivity contribution < 1.29 is 9.84 Å². The second-order valence-corrected chi connectivity index (χ2v) is 7.41. The molecule has 2 rings (SSSR count). The lowest BCUT2D eigenvalue weighted by molar-refractivity contribution is 0.267. The summed E-state index contributed by atoms with van der Waals surface area (Å²) in [5, 5.41) is 9.41. The Kier molecular flexibility index (Phi) is 4.80. The fraction of sp³-hybridized carbons (Fsp3) is 0.538. The van der Waals surface area contributed by atoms with E-state index in [2.05, 4.69) is 24.8 Å². The lowest BCUT2D eigenvalue weighted by Gasteiger charge is -2.37. The summed E-state index contributed by atoms with van der Waals surface area (Å²) in [7, 11) is 0. The van der Waals surface area contributed by atoms with Crippen LogP contribution < -0.4 is 4.74 Å². The number of rotatable bonds is 4. The van der Waals surface area contributed by atoms with Crippen LogP contribution in [0.5, 0.6) is 5.75 Å². The fourth-order valence-electron chi connectivity index (χ4n) is 2.26.